The SMILES string of the molecule is COc1cc2c(cc1OC)CN(C(=O)CN1C(=O)CS/C1=C\C(=O)C(C)(C)C)CC2. The van der Waals surface area contributed by atoms with Gasteiger partial charge in [0.15, 0.2) is 17.3 Å². The molecule has 0 saturated carbocycles. The highest BCUT2D eigenvalue weighted by atomic mass is 32.2. The summed E-state index contributed by atoms with van der Waals surface area (Å²) in [7, 11) is 3.18. The minimum atomic E-state index is -0.536. The summed E-state index contributed by atoms with van der Waals surface area (Å²) in [4.78, 5) is 40.8. The first kappa shape index (κ1) is 22.2. The number of nitrogens with zero attached hydrogens (tertiary/aromatic N) is 2. The molecule has 1 aromatic carbocycles. The van der Waals surface area contributed by atoms with Crippen LogP contribution in [-0.2, 0) is 27.3 Å². The normalized spacial score (nSPS) is 17.9. The molecule has 0 aliphatic carbocycles. The number of allylic oxidation sites excluding steroid dienone is 1. The molecule has 1 saturated heterocycles. The van der Waals surface area contributed by atoms with Crippen molar-refractivity contribution in [2.24, 2.45) is 5.41 Å². The molecule has 0 aromatic heterocycles. The third-order valence-electron chi connectivity index (χ3n) is 5.27. The highest BCUT2D eigenvalue weighted by Gasteiger charge is 2.33. The van der Waals surface area contributed by atoms with Crippen LogP contribution in [0.2, 0.25) is 0 Å². The zero-order valence-corrected chi connectivity index (χ0v) is 18.9. The van der Waals surface area contributed by atoms with Gasteiger partial charge in [0, 0.05) is 24.6 Å². The molecule has 162 valence electrons. The molecule has 7 nitrogen and oxygen atoms in total. The summed E-state index contributed by atoms with van der Waals surface area (Å²) in [5.41, 5.74) is 1.60. The lowest BCUT2D eigenvalue weighted by Crippen LogP contribution is -2.43. The lowest BCUT2D eigenvalue weighted by Gasteiger charge is -2.31. The number of carbonyl (C=O) groups is 3. The largest absolute Gasteiger partial charge is 0.493 e. The fourth-order valence-electron chi connectivity index (χ4n) is 3.36. The predicted molar refractivity (Wildman–Crippen MR) is 115 cm³/mol. The zero-order chi connectivity index (χ0) is 22.1. The molecule has 0 spiro atoms. The Hall–Kier alpha value is -2.48. The number of hydrogen-bond donors (Lipinski definition) is 0. The smallest absolute Gasteiger partial charge is 0.242 e. The number of methoxy groups -OCH3 is 2. The van der Waals surface area contributed by atoms with Gasteiger partial charge in [-0.15, -0.1) is 0 Å². The summed E-state index contributed by atoms with van der Waals surface area (Å²) < 4.78 is 10.7. The van der Waals surface area contributed by atoms with E-state index in [4.69, 9.17) is 9.47 Å². The van der Waals surface area contributed by atoms with Gasteiger partial charge in [0.25, 0.3) is 0 Å². The van der Waals surface area contributed by atoms with E-state index in [9.17, 15) is 14.4 Å². The zero-order valence-electron chi connectivity index (χ0n) is 18.1. The van der Waals surface area contributed by atoms with Crippen molar-refractivity contribution in [2.75, 3.05) is 33.1 Å². The van der Waals surface area contributed by atoms with Crippen LogP contribution < -0.4 is 9.47 Å². The number of thioether (sulfide) groups is 1. The molecule has 2 aliphatic heterocycles. The first-order valence-corrected chi connectivity index (χ1v) is 10.8. The molecule has 1 fully saturated rings. The maximum absolute atomic E-state index is 13.0. The summed E-state index contributed by atoms with van der Waals surface area (Å²) in [6.07, 6.45) is 2.20. The average Bonchev–Trinajstić information content (AvgIpc) is 3.04. The van der Waals surface area contributed by atoms with E-state index in [2.05, 4.69) is 0 Å². The molecule has 2 amide bonds. The number of carbonyl (C=O) groups excluding carboxylic acids is 3. The van der Waals surface area contributed by atoms with Crippen molar-refractivity contribution in [2.45, 2.75) is 33.7 Å². The van der Waals surface area contributed by atoms with Crippen LogP contribution in [0.25, 0.3) is 0 Å². The van der Waals surface area contributed by atoms with Gasteiger partial charge in [-0.2, -0.15) is 0 Å². The van der Waals surface area contributed by atoms with Gasteiger partial charge in [-0.25, -0.2) is 0 Å². The van der Waals surface area contributed by atoms with Crippen LogP contribution in [0, 0.1) is 5.41 Å². The lowest BCUT2D eigenvalue weighted by molar-refractivity contribution is -0.137. The van der Waals surface area contributed by atoms with Gasteiger partial charge in [-0.05, 0) is 29.7 Å². The van der Waals surface area contributed by atoms with Gasteiger partial charge in [-0.3, -0.25) is 19.3 Å². The highest BCUT2D eigenvalue weighted by Crippen LogP contribution is 2.34. The predicted octanol–water partition coefficient (Wildman–Crippen LogP) is 2.62. The molecule has 0 N–H and O–H groups in total. The molecule has 30 heavy (non-hydrogen) atoms. The Labute approximate surface area is 181 Å². The summed E-state index contributed by atoms with van der Waals surface area (Å²) >= 11 is 1.30. The second-order valence-corrected chi connectivity index (χ2v) is 9.40. The van der Waals surface area contributed by atoms with Crippen LogP contribution in [0.4, 0.5) is 0 Å². The van der Waals surface area contributed by atoms with E-state index in [0.29, 0.717) is 36.0 Å². The quantitative estimate of drug-likeness (QED) is 0.666. The average molecular weight is 433 g/mol. The lowest BCUT2D eigenvalue weighted by atomic mass is 9.91. The van der Waals surface area contributed by atoms with E-state index in [0.717, 1.165) is 11.1 Å². The van der Waals surface area contributed by atoms with Gasteiger partial charge in [-0.1, -0.05) is 32.5 Å². The first-order chi connectivity index (χ1) is 14.1. The van der Waals surface area contributed by atoms with Crippen molar-refractivity contribution in [3.8, 4) is 11.5 Å². The number of fused-ring (bicyclic) bond motifs is 1. The first-order valence-electron chi connectivity index (χ1n) is 9.85. The van der Waals surface area contributed by atoms with Crippen LogP contribution in [0.3, 0.4) is 0 Å². The number of ketones is 1. The van der Waals surface area contributed by atoms with Gasteiger partial charge < -0.3 is 14.4 Å². The standard InChI is InChI=1S/C22H28N2O5S/c1-22(2,3)18(25)10-21-24(20(27)13-30-21)12-19(26)23-7-6-14-8-16(28-4)17(29-5)9-15(14)11-23/h8-10H,6-7,11-13H2,1-5H3/b21-10-. The molecule has 8 heteroatoms. The van der Waals surface area contributed by atoms with Crippen molar-refractivity contribution in [3.05, 3.63) is 34.4 Å². The summed E-state index contributed by atoms with van der Waals surface area (Å²) in [5.74, 6) is 1.20. The Morgan fingerprint density at radius 1 is 1.13 bits per heavy atom. The third-order valence-corrected chi connectivity index (χ3v) is 6.29. The van der Waals surface area contributed by atoms with E-state index in [1.807, 2.05) is 32.9 Å². The van der Waals surface area contributed by atoms with Gasteiger partial charge in [0.05, 0.1) is 25.0 Å². The summed E-state index contributed by atoms with van der Waals surface area (Å²) in [5, 5.41) is 0.553. The minimum Gasteiger partial charge on any atom is -0.493 e. The topological polar surface area (TPSA) is 76.2 Å². The van der Waals surface area contributed by atoms with Crippen LogP contribution in [-0.4, -0.2) is 60.5 Å². The number of hydrogen-bond acceptors (Lipinski definition) is 6. The molecule has 0 bridgehead atoms. The van der Waals surface area contributed by atoms with Gasteiger partial charge >= 0.3 is 0 Å². The maximum Gasteiger partial charge on any atom is 0.242 e. The fourth-order valence-corrected chi connectivity index (χ4v) is 4.30. The van der Waals surface area contributed by atoms with Crippen LogP contribution in [0.1, 0.15) is 31.9 Å². The molecule has 0 atom stereocenters. The monoisotopic (exact) mass is 432 g/mol. The number of ether oxygens (including phenoxy) is 2. The van der Waals surface area contributed by atoms with Crippen molar-refractivity contribution in [1.82, 2.24) is 9.80 Å². The molecular weight excluding hydrogens is 404 g/mol. The number of amides is 2. The Morgan fingerprint density at radius 3 is 2.37 bits per heavy atom. The second-order valence-electron chi connectivity index (χ2n) is 8.41. The second kappa shape index (κ2) is 8.71. The van der Waals surface area contributed by atoms with Crippen molar-refractivity contribution in [1.29, 1.82) is 0 Å². The molecule has 0 radical (unpaired) electrons. The van der Waals surface area contributed by atoms with E-state index >= 15 is 0 Å². The van der Waals surface area contributed by atoms with Gasteiger partial charge in [0.2, 0.25) is 11.8 Å². The Bertz CT molecular complexity index is 904. The molecule has 2 heterocycles. The van der Waals surface area contributed by atoms with Crippen LogP contribution in [0.15, 0.2) is 23.2 Å². The Balaban J connectivity index is 1.74. The van der Waals surface area contributed by atoms with E-state index in [1.54, 1.807) is 19.1 Å². The molecule has 3 rings (SSSR count). The highest BCUT2D eigenvalue weighted by molar-refractivity contribution is 8.04. The van der Waals surface area contributed by atoms with Crippen LogP contribution >= 0.6 is 11.8 Å². The molecular formula is C22H28N2O5S. The minimum absolute atomic E-state index is 0.0578. The van der Waals surface area contributed by atoms with Gasteiger partial charge in [0.1, 0.15) is 6.54 Å². The Kier molecular flexibility index (Phi) is 6.45. The van der Waals surface area contributed by atoms with Crippen LogP contribution in [0.5, 0.6) is 11.5 Å². The number of rotatable bonds is 5. The third kappa shape index (κ3) is 4.64. The van der Waals surface area contributed by atoms with E-state index in [1.165, 1.54) is 22.7 Å². The molecule has 1 aromatic rings. The van der Waals surface area contributed by atoms with Crippen molar-refractivity contribution < 1.29 is 23.9 Å². The van der Waals surface area contributed by atoms with E-state index in [-0.39, 0.29) is 29.9 Å². The molecule has 0 unspecified atom stereocenters. The summed E-state index contributed by atoms with van der Waals surface area (Å²) in [6.45, 7) is 6.45. The number of benzene rings is 1. The Morgan fingerprint density at radius 2 is 1.77 bits per heavy atom. The van der Waals surface area contributed by atoms with Crippen molar-refractivity contribution in [3.63, 3.8) is 0 Å². The van der Waals surface area contributed by atoms with Crippen molar-refractivity contribution >= 4 is 29.4 Å². The fraction of sp³-hybridized carbons (Fsp3) is 0.500. The molecule has 2 aliphatic rings. The van der Waals surface area contributed by atoms with E-state index < -0.39 is 5.41 Å². The summed E-state index contributed by atoms with van der Waals surface area (Å²) in [6, 6.07) is 3.85. The maximum atomic E-state index is 13.0.